The molecule has 0 atom stereocenters. The highest BCUT2D eigenvalue weighted by molar-refractivity contribution is 5.85. The van der Waals surface area contributed by atoms with Crippen molar-refractivity contribution in [2.24, 2.45) is 5.92 Å². The first kappa shape index (κ1) is 16.5. The third-order valence-electron chi connectivity index (χ3n) is 4.46. The number of halogens is 3. The molecule has 1 saturated carbocycles. The van der Waals surface area contributed by atoms with Crippen LogP contribution in [-0.2, 0) is 13.0 Å². The number of anilines is 1. The second-order valence-corrected chi connectivity index (χ2v) is 6.01. The van der Waals surface area contributed by atoms with Crippen LogP contribution >= 0.6 is 12.4 Å². The number of hydrogen-bond acceptors (Lipinski definition) is 2. The number of alkyl halides is 2. The summed E-state index contributed by atoms with van der Waals surface area (Å²) in [6, 6.07) is 6.24. The summed E-state index contributed by atoms with van der Waals surface area (Å²) in [5.41, 5.74) is 3.67. The quantitative estimate of drug-likeness (QED) is 0.855. The third kappa shape index (κ3) is 4.07. The molecule has 2 aliphatic rings. The molecular weight excluding hydrogens is 294 g/mol. The van der Waals surface area contributed by atoms with Crippen LogP contribution in [0.2, 0.25) is 0 Å². The number of nitrogens with zero attached hydrogens (tertiary/aromatic N) is 1. The Morgan fingerprint density at radius 3 is 2.76 bits per heavy atom. The molecular formula is C16H23ClF2N2. The summed E-state index contributed by atoms with van der Waals surface area (Å²) in [7, 11) is 0. The van der Waals surface area contributed by atoms with Gasteiger partial charge in [-0.15, -0.1) is 12.4 Å². The molecule has 3 rings (SSSR count). The maximum absolute atomic E-state index is 12.8. The van der Waals surface area contributed by atoms with E-state index in [0.29, 0.717) is 12.5 Å². The van der Waals surface area contributed by atoms with Gasteiger partial charge in [-0.05, 0) is 36.3 Å². The average molecular weight is 317 g/mol. The van der Waals surface area contributed by atoms with Crippen molar-refractivity contribution in [1.82, 2.24) is 4.90 Å². The number of fused-ring (bicyclic) bond motifs is 1. The molecule has 118 valence electrons. The first-order valence-electron chi connectivity index (χ1n) is 7.57. The van der Waals surface area contributed by atoms with E-state index in [2.05, 4.69) is 17.4 Å². The molecule has 1 aromatic carbocycles. The zero-order chi connectivity index (χ0) is 13.9. The van der Waals surface area contributed by atoms with Gasteiger partial charge in [0.1, 0.15) is 0 Å². The van der Waals surface area contributed by atoms with Gasteiger partial charge in [0.2, 0.25) is 0 Å². The number of rotatable bonds is 6. The Morgan fingerprint density at radius 1 is 1.29 bits per heavy atom. The van der Waals surface area contributed by atoms with Gasteiger partial charge in [-0.25, -0.2) is 8.78 Å². The minimum atomic E-state index is -2.25. The maximum atomic E-state index is 12.8. The molecule has 0 saturated heterocycles. The molecule has 0 unspecified atom stereocenters. The molecule has 5 heteroatoms. The van der Waals surface area contributed by atoms with Crippen LogP contribution in [0.3, 0.4) is 0 Å². The van der Waals surface area contributed by atoms with Crippen LogP contribution in [0, 0.1) is 5.92 Å². The molecule has 1 aliphatic carbocycles. The normalized spacial score (nSPS) is 17.3. The van der Waals surface area contributed by atoms with Crippen LogP contribution in [0.1, 0.15) is 30.4 Å². The number of para-hydroxylation sites is 1. The van der Waals surface area contributed by atoms with Crippen LogP contribution in [0.25, 0.3) is 0 Å². The Bertz CT molecular complexity index is 464. The average Bonchev–Trinajstić information content (AvgIpc) is 2.82. The predicted molar refractivity (Wildman–Crippen MR) is 84.5 cm³/mol. The summed E-state index contributed by atoms with van der Waals surface area (Å²) >= 11 is 0. The SMILES string of the molecule is Cl.FC(F)CN(Cc1cccc2c1NCC2)CC1CCC1. The second-order valence-electron chi connectivity index (χ2n) is 6.01. The van der Waals surface area contributed by atoms with E-state index in [-0.39, 0.29) is 19.0 Å². The Hall–Kier alpha value is -0.870. The first-order valence-corrected chi connectivity index (χ1v) is 7.57. The van der Waals surface area contributed by atoms with Gasteiger partial charge in [0.05, 0.1) is 6.54 Å². The minimum absolute atomic E-state index is 0. The van der Waals surface area contributed by atoms with E-state index < -0.39 is 6.43 Å². The monoisotopic (exact) mass is 316 g/mol. The highest BCUT2D eigenvalue weighted by Gasteiger charge is 2.24. The first-order chi connectivity index (χ1) is 9.72. The fourth-order valence-corrected chi connectivity index (χ4v) is 3.22. The lowest BCUT2D eigenvalue weighted by molar-refractivity contribution is 0.0667. The van der Waals surface area contributed by atoms with E-state index in [1.807, 2.05) is 11.0 Å². The van der Waals surface area contributed by atoms with Crippen molar-refractivity contribution in [3.63, 3.8) is 0 Å². The zero-order valence-electron chi connectivity index (χ0n) is 12.2. The van der Waals surface area contributed by atoms with Crippen molar-refractivity contribution in [2.45, 2.75) is 38.7 Å². The van der Waals surface area contributed by atoms with Crippen LogP contribution in [0.15, 0.2) is 18.2 Å². The lowest BCUT2D eigenvalue weighted by Crippen LogP contribution is -2.35. The second kappa shape index (κ2) is 7.41. The Morgan fingerprint density at radius 2 is 2.10 bits per heavy atom. The summed E-state index contributed by atoms with van der Waals surface area (Å²) in [5, 5.41) is 3.39. The largest absolute Gasteiger partial charge is 0.384 e. The summed E-state index contributed by atoms with van der Waals surface area (Å²) < 4.78 is 25.6. The van der Waals surface area contributed by atoms with Crippen molar-refractivity contribution in [3.8, 4) is 0 Å². The Balaban J connectivity index is 0.00000161. The number of benzene rings is 1. The van der Waals surface area contributed by atoms with Gasteiger partial charge < -0.3 is 5.32 Å². The van der Waals surface area contributed by atoms with Crippen molar-refractivity contribution in [1.29, 1.82) is 0 Å². The van der Waals surface area contributed by atoms with Gasteiger partial charge >= 0.3 is 0 Å². The smallest absolute Gasteiger partial charge is 0.251 e. The fraction of sp³-hybridized carbons (Fsp3) is 0.625. The molecule has 0 amide bonds. The molecule has 21 heavy (non-hydrogen) atoms. The molecule has 1 aliphatic heterocycles. The van der Waals surface area contributed by atoms with Crippen molar-refractivity contribution < 1.29 is 8.78 Å². The van der Waals surface area contributed by atoms with Gasteiger partial charge in [0, 0.05) is 25.3 Å². The summed E-state index contributed by atoms with van der Waals surface area (Å²) in [5.74, 6) is 0.624. The van der Waals surface area contributed by atoms with Crippen LogP contribution < -0.4 is 5.32 Å². The Kier molecular flexibility index (Phi) is 5.82. The molecule has 1 fully saturated rings. The third-order valence-corrected chi connectivity index (χ3v) is 4.46. The highest BCUT2D eigenvalue weighted by Crippen LogP contribution is 2.30. The van der Waals surface area contributed by atoms with E-state index in [9.17, 15) is 8.78 Å². The van der Waals surface area contributed by atoms with E-state index in [1.54, 1.807) is 0 Å². The van der Waals surface area contributed by atoms with E-state index >= 15 is 0 Å². The minimum Gasteiger partial charge on any atom is -0.384 e. The van der Waals surface area contributed by atoms with Crippen molar-refractivity contribution in [3.05, 3.63) is 29.3 Å². The van der Waals surface area contributed by atoms with Crippen molar-refractivity contribution in [2.75, 3.05) is 25.0 Å². The maximum Gasteiger partial charge on any atom is 0.251 e. The van der Waals surface area contributed by atoms with Gasteiger partial charge in [0.15, 0.2) is 0 Å². The standard InChI is InChI=1S/C16H22F2N2.ClH/c17-15(18)11-20(9-12-3-1-4-12)10-14-6-2-5-13-7-8-19-16(13)14;/h2,5-6,12,15,19H,1,3-4,7-11H2;1H. The number of hydrogen-bond donors (Lipinski definition) is 1. The van der Waals surface area contributed by atoms with Crippen molar-refractivity contribution >= 4 is 18.1 Å². The summed E-state index contributed by atoms with van der Waals surface area (Å²) in [6.07, 6.45) is 2.45. The zero-order valence-corrected chi connectivity index (χ0v) is 13.0. The van der Waals surface area contributed by atoms with E-state index in [4.69, 9.17) is 0 Å². The van der Waals surface area contributed by atoms with Crippen LogP contribution in [-0.4, -0.2) is 31.0 Å². The molecule has 0 radical (unpaired) electrons. The molecule has 0 spiro atoms. The molecule has 1 N–H and O–H groups in total. The number of nitrogens with one attached hydrogen (secondary N) is 1. The summed E-state index contributed by atoms with van der Waals surface area (Å²) in [6.45, 7) is 2.30. The lowest BCUT2D eigenvalue weighted by atomic mass is 9.85. The topological polar surface area (TPSA) is 15.3 Å². The highest BCUT2D eigenvalue weighted by atomic mass is 35.5. The predicted octanol–water partition coefficient (Wildman–Crippen LogP) is 3.94. The molecule has 1 heterocycles. The molecule has 0 aromatic heterocycles. The van der Waals surface area contributed by atoms with E-state index in [1.165, 1.54) is 36.1 Å². The van der Waals surface area contributed by atoms with E-state index in [0.717, 1.165) is 19.5 Å². The lowest BCUT2D eigenvalue weighted by Gasteiger charge is -2.32. The van der Waals surface area contributed by atoms with Crippen LogP contribution in [0.4, 0.5) is 14.5 Å². The fourth-order valence-electron chi connectivity index (χ4n) is 3.22. The Labute approximate surface area is 131 Å². The van der Waals surface area contributed by atoms with Gasteiger partial charge in [-0.1, -0.05) is 24.6 Å². The van der Waals surface area contributed by atoms with Gasteiger partial charge in [0.25, 0.3) is 6.43 Å². The van der Waals surface area contributed by atoms with Gasteiger partial charge in [-0.2, -0.15) is 0 Å². The molecule has 0 bridgehead atoms. The molecule has 1 aromatic rings. The summed E-state index contributed by atoms with van der Waals surface area (Å²) in [4.78, 5) is 1.93. The molecule has 2 nitrogen and oxygen atoms in total. The van der Waals surface area contributed by atoms with Gasteiger partial charge in [-0.3, -0.25) is 4.90 Å². The van der Waals surface area contributed by atoms with Crippen LogP contribution in [0.5, 0.6) is 0 Å².